The lowest BCUT2D eigenvalue weighted by Crippen LogP contribution is -2.34. The molecular weight excluding hydrogens is 362 g/mol. The van der Waals surface area contributed by atoms with Crippen molar-refractivity contribution in [1.82, 2.24) is 10.3 Å². The zero-order valence-corrected chi connectivity index (χ0v) is 16.0. The minimum Gasteiger partial charge on any atom is -0.497 e. The first-order valence-electron chi connectivity index (χ1n) is 8.22. The van der Waals surface area contributed by atoms with E-state index in [0.29, 0.717) is 17.1 Å². The number of pyridine rings is 1. The number of aromatic nitrogens is 1. The maximum Gasteiger partial charge on any atom is 0.257 e. The van der Waals surface area contributed by atoms with Crippen molar-refractivity contribution >= 4 is 39.8 Å². The summed E-state index contributed by atoms with van der Waals surface area (Å²) in [7, 11) is 3.05. The Kier molecular flexibility index (Phi) is 5.52. The van der Waals surface area contributed by atoms with Crippen LogP contribution in [-0.4, -0.2) is 30.2 Å². The minimum atomic E-state index is -0.362. The van der Waals surface area contributed by atoms with Gasteiger partial charge in [-0.05, 0) is 55.5 Å². The van der Waals surface area contributed by atoms with Crippen LogP contribution in [0.3, 0.4) is 0 Å². The summed E-state index contributed by atoms with van der Waals surface area (Å²) >= 11 is 5.30. The van der Waals surface area contributed by atoms with E-state index in [1.165, 1.54) is 14.2 Å². The van der Waals surface area contributed by atoms with E-state index in [0.717, 1.165) is 22.3 Å². The Morgan fingerprint density at radius 3 is 2.41 bits per heavy atom. The van der Waals surface area contributed by atoms with Crippen LogP contribution in [0.1, 0.15) is 16.1 Å². The number of hydrogen-bond acceptors (Lipinski definition) is 5. The molecule has 1 aromatic heterocycles. The number of nitrogens with zero attached hydrogens (tertiary/aromatic N) is 1. The standard InChI is InChI=1S/C20H19N3O3S/c1-12-7-8-16-17(21-12)5-4-6-18(16)22-20(27)23-19(24)13-9-14(25-2)11-15(10-13)26-3/h4-11H,1-3H3,(H2,22,23,24,27). The maximum absolute atomic E-state index is 12.5. The second-order valence-corrected chi connectivity index (χ2v) is 6.24. The number of aryl methyl sites for hydroxylation is 1. The zero-order valence-electron chi connectivity index (χ0n) is 15.2. The maximum atomic E-state index is 12.5. The van der Waals surface area contributed by atoms with Gasteiger partial charge < -0.3 is 14.8 Å². The van der Waals surface area contributed by atoms with Crippen LogP contribution < -0.4 is 20.1 Å². The summed E-state index contributed by atoms with van der Waals surface area (Å²) in [5.41, 5.74) is 2.94. The number of carbonyl (C=O) groups excluding carboxylic acids is 1. The third kappa shape index (κ3) is 4.32. The minimum absolute atomic E-state index is 0.190. The first-order valence-corrected chi connectivity index (χ1v) is 8.63. The van der Waals surface area contributed by atoms with Crippen LogP contribution in [0.2, 0.25) is 0 Å². The van der Waals surface area contributed by atoms with Gasteiger partial charge in [0.1, 0.15) is 11.5 Å². The summed E-state index contributed by atoms with van der Waals surface area (Å²) in [6, 6.07) is 14.5. The van der Waals surface area contributed by atoms with E-state index in [4.69, 9.17) is 21.7 Å². The number of carbonyl (C=O) groups is 1. The van der Waals surface area contributed by atoms with E-state index in [2.05, 4.69) is 15.6 Å². The van der Waals surface area contributed by atoms with Crippen LogP contribution in [0.4, 0.5) is 5.69 Å². The monoisotopic (exact) mass is 381 g/mol. The van der Waals surface area contributed by atoms with Gasteiger partial charge in [0.05, 0.1) is 19.7 Å². The van der Waals surface area contributed by atoms with Crippen LogP contribution in [0.5, 0.6) is 11.5 Å². The van der Waals surface area contributed by atoms with Gasteiger partial charge in [0, 0.05) is 28.4 Å². The molecule has 0 spiro atoms. The SMILES string of the molecule is COc1cc(OC)cc(C(=O)NC(=S)Nc2cccc3nc(C)ccc23)c1. The average Bonchev–Trinajstić information content (AvgIpc) is 2.67. The average molecular weight is 381 g/mol. The summed E-state index contributed by atoms with van der Waals surface area (Å²) in [6.07, 6.45) is 0. The van der Waals surface area contributed by atoms with Crippen LogP contribution >= 0.6 is 12.2 Å². The molecule has 2 N–H and O–H groups in total. The molecule has 6 nitrogen and oxygen atoms in total. The van der Waals surface area contributed by atoms with Gasteiger partial charge in [-0.25, -0.2) is 0 Å². The molecule has 0 fully saturated rings. The van der Waals surface area contributed by atoms with Crippen LogP contribution in [0.15, 0.2) is 48.5 Å². The van der Waals surface area contributed by atoms with Crippen molar-refractivity contribution in [2.24, 2.45) is 0 Å². The molecule has 1 heterocycles. The van der Waals surface area contributed by atoms with Crippen molar-refractivity contribution in [3.8, 4) is 11.5 Å². The van der Waals surface area contributed by atoms with Crippen LogP contribution in [0.25, 0.3) is 10.9 Å². The number of fused-ring (bicyclic) bond motifs is 1. The molecule has 0 bridgehead atoms. The molecule has 2 aromatic carbocycles. The topological polar surface area (TPSA) is 72.5 Å². The predicted molar refractivity (Wildman–Crippen MR) is 110 cm³/mol. The summed E-state index contributed by atoms with van der Waals surface area (Å²) < 4.78 is 10.4. The van der Waals surface area contributed by atoms with Gasteiger partial charge >= 0.3 is 0 Å². The molecule has 3 aromatic rings. The van der Waals surface area contributed by atoms with E-state index in [1.54, 1.807) is 18.2 Å². The molecule has 0 atom stereocenters. The van der Waals surface area contributed by atoms with Gasteiger partial charge in [0.15, 0.2) is 5.11 Å². The molecule has 0 radical (unpaired) electrons. The van der Waals surface area contributed by atoms with E-state index >= 15 is 0 Å². The van der Waals surface area contributed by atoms with Gasteiger partial charge in [0.2, 0.25) is 0 Å². The van der Waals surface area contributed by atoms with Gasteiger partial charge in [-0.15, -0.1) is 0 Å². The molecule has 27 heavy (non-hydrogen) atoms. The number of hydrogen-bond donors (Lipinski definition) is 2. The van der Waals surface area contributed by atoms with Crippen molar-refractivity contribution in [1.29, 1.82) is 0 Å². The second kappa shape index (κ2) is 8.01. The molecule has 138 valence electrons. The Labute approximate surface area is 162 Å². The van der Waals surface area contributed by atoms with Crippen molar-refractivity contribution in [2.45, 2.75) is 6.92 Å². The van der Waals surface area contributed by atoms with Gasteiger partial charge in [-0.2, -0.15) is 0 Å². The summed E-state index contributed by atoms with van der Waals surface area (Å²) in [4.78, 5) is 17.0. The van der Waals surface area contributed by atoms with E-state index in [9.17, 15) is 4.79 Å². The molecule has 0 aliphatic rings. The lowest BCUT2D eigenvalue weighted by Gasteiger charge is -2.13. The molecule has 1 amide bonds. The van der Waals surface area contributed by atoms with Crippen molar-refractivity contribution < 1.29 is 14.3 Å². The number of anilines is 1. The fourth-order valence-electron chi connectivity index (χ4n) is 2.63. The Morgan fingerprint density at radius 1 is 1.04 bits per heavy atom. The molecule has 0 saturated carbocycles. The Balaban J connectivity index is 1.77. The van der Waals surface area contributed by atoms with Crippen LogP contribution in [0, 0.1) is 6.92 Å². The first kappa shape index (κ1) is 18.6. The Bertz CT molecular complexity index is 998. The third-order valence-electron chi connectivity index (χ3n) is 3.96. The third-order valence-corrected chi connectivity index (χ3v) is 4.16. The summed E-state index contributed by atoms with van der Waals surface area (Å²) in [6.45, 7) is 1.94. The highest BCUT2D eigenvalue weighted by molar-refractivity contribution is 7.80. The van der Waals surface area contributed by atoms with E-state index < -0.39 is 0 Å². The molecule has 0 saturated heterocycles. The number of thiocarbonyl (C=S) groups is 1. The zero-order chi connectivity index (χ0) is 19.4. The lowest BCUT2D eigenvalue weighted by atomic mass is 10.1. The summed E-state index contributed by atoms with van der Waals surface area (Å²) in [5.74, 6) is 0.682. The van der Waals surface area contributed by atoms with Crippen molar-refractivity contribution in [2.75, 3.05) is 19.5 Å². The highest BCUT2D eigenvalue weighted by Gasteiger charge is 2.12. The van der Waals surface area contributed by atoms with Crippen molar-refractivity contribution in [3.63, 3.8) is 0 Å². The number of benzene rings is 2. The quantitative estimate of drug-likeness (QED) is 0.672. The molecule has 3 rings (SSSR count). The van der Waals surface area contributed by atoms with Gasteiger partial charge in [-0.3, -0.25) is 15.1 Å². The van der Waals surface area contributed by atoms with E-state index in [1.807, 2.05) is 37.3 Å². The Hall–Kier alpha value is -3.19. The molecule has 0 aliphatic carbocycles. The van der Waals surface area contributed by atoms with E-state index in [-0.39, 0.29) is 11.0 Å². The highest BCUT2D eigenvalue weighted by Crippen LogP contribution is 2.23. The first-order chi connectivity index (χ1) is 13.0. The summed E-state index contributed by atoms with van der Waals surface area (Å²) in [5, 5.41) is 6.84. The van der Waals surface area contributed by atoms with Gasteiger partial charge in [-0.1, -0.05) is 6.07 Å². The normalized spacial score (nSPS) is 10.3. The number of rotatable bonds is 4. The largest absolute Gasteiger partial charge is 0.497 e. The number of amides is 1. The Morgan fingerprint density at radius 2 is 1.74 bits per heavy atom. The molecule has 0 aliphatic heterocycles. The lowest BCUT2D eigenvalue weighted by molar-refractivity contribution is 0.0977. The second-order valence-electron chi connectivity index (χ2n) is 5.83. The fourth-order valence-corrected chi connectivity index (χ4v) is 2.84. The smallest absolute Gasteiger partial charge is 0.257 e. The molecular formula is C20H19N3O3S. The van der Waals surface area contributed by atoms with Crippen molar-refractivity contribution in [3.05, 3.63) is 59.8 Å². The number of methoxy groups -OCH3 is 2. The number of ether oxygens (including phenoxy) is 2. The predicted octanol–water partition coefficient (Wildman–Crippen LogP) is 3.69. The molecule has 7 heteroatoms. The van der Waals surface area contributed by atoms with Crippen LogP contribution in [-0.2, 0) is 0 Å². The molecule has 0 unspecified atom stereocenters. The number of nitrogens with one attached hydrogen (secondary N) is 2. The highest BCUT2D eigenvalue weighted by atomic mass is 32.1. The van der Waals surface area contributed by atoms with Gasteiger partial charge in [0.25, 0.3) is 5.91 Å². The fraction of sp³-hybridized carbons (Fsp3) is 0.150.